The van der Waals surface area contributed by atoms with E-state index in [4.69, 9.17) is 4.52 Å². The molecule has 17 heavy (non-hydrogen) atoms. The maximum Gasteiger partial charge on any atom is 0.227 e. The Bertz CT molecular complexity index is 468. The Hall–Kier alpha value is -1.39. The molecule has 1 aromatic carbocycles. The van der Waals surface area contributed by atoms with E-state index in [1.807, 2.05) is 30.3 Å². The van der Waals surface area contributed by atoms with Gasteiger partial charge in [0.15, 0.2) is 0 Å². The standard InChI is InChI=1S/C12H13N3O.ClH/c1-2-4-10(5-3-1)12-14-11(16-15-12)6-9-7-13-8-9;/h1-5,9,13H,6-8H2;1H. The van der Waals surface area contributed by atoms with Gasteiger partial charge in [-0.15, -0.1) is 12.4 Å². The number of nitrogens with zero attached hydrogens (tertiary/aromatic N) is 2. The van der Waals surface area contributed by atoms with Crippen LogP contribution in [0.25, 0.3) is 11.4 Å². The molecule has 1 fully saturated rings. The Morgan fingerprint density at radius 3 is 2.65 bits per heavy atom. The van der Waals surface area contributed by atoms with Crippen molar-refractivity contribution in [2.24, 2.45) is 5.92 Å². The number of hydrogen-bond donors (Lipinski definition) is 1. The number of aromatic nitrogens is 2. The van der Waals surface area contributed by atoms with Crippen molar-refractivity contribution in [1.82, 2.24) is 15.5 Å². The fraction of sp³-hybridized carbons (Fsp3) is 0.333. The number of hydrogen-bond acceptors (Lipinski definition) is 4. The predicted molar refractivity (Wildman–Crippen MR) is 67.0 cm³/mol. The van der Waals surface area contributed by atoms with Crippen molar-refractivity contribution in [2.75, 3.05) is 13.1 Å². The molecule has 1 aromatic heterocycles. The van der Waals surface area contributed by atoms with Crippen molar-refractivity contribution in [3.8, 4) is 11.4 Å². The zero-order chi connectivity index (χ0) is 10.8. The van der Waals surface area contributed by atoms with Crippen molar-refractivity contribution in [2.45, 2.75) is 6.42 Å². The smallest absolute Gasteiger partial charge is 0.227 e. The fourth-order valence-corrected chi connectivity index (χ4v) is 1.78. The van der Waals surface area contributed by atoms with Crippen LogP contribution in [0.1, 0.15) is 5.89 Å². The molecule has 2 heterocycles. The molecule has 0 atom stereocenters. The van der Waals surface area contributed by atoms with E-state index in [0.29, 0.717) is 11.7 Å². The summed E-state index contributed by atoms with van der Waals surface area (Å²) in [5.74, 6) is 2.08. The first-order valence-electron chi connectivity index (χ1n) is 5.50. The largest absolute Gasteiger partial charge is 0.339 e. The summed E-state index contributed by atoms with van der Waals surface area (Å²) in [5, 5.41) is 7.22. The van der Waals surface area contributed by atoms with Gasteiger partial charge in [-0.2, -0.15) is 4.98 Å². The highest BCUT2D eigenvalue weighted by atomic mass is 35.5. The van der Waals surface area contributed by atoms with Gasteiger partial charge < -0.3 is 9.84 Å². The van der Waals surface area contributed by atoms with Crippen LogP contribution >= 0.6 is 12.4 Å². The highest BCUT2D eigenvalue weighted by Gasteiger charge is 2.20. The average Bonchev–Trinajstić information content (AvgIpc) is 2.73. The second-order valence-electron chi connectivity index (χ2n) is 4.11. The maximum atomic E-state index is 5.24. The molecule has 0 aliphatic carbocycles. The van der Waals surface area contributed by atoms with E-state index in [9.17, 15) is 0 Å². The molecule has 5 heteroatoms. The summed E-state index contributed by atoms with van der Waals surface area (Å²) >= 11 is 0. The summed E-state index contributed by atoms with van der Waals surface area (Å²) in [4.78, 5) is 4.40. The Kier molecular flexibility index (Phi) is 3.76. The number of rotatable bonds is 3. The molecule has 0 bridgehead atoms. The number of nitrogens with one attached hydrogen (secondary N) is 1. The van der Waals surface area contributed by atoms with Crippen LogP contribution in [-0.4, -0.2) is 23.2 Å². The molecule has 0 saturated carbocycles. The minimum atomic E-state index is 0. The zero-order valence-electron chi connectivity index (χ0n) is 9.30. The van der Waals surface area contributed by atoms with Crippen LogP contribution in [0.5, 0.6) is 0 Å². The minimum Gasteiger partial charge on any atom is -0.339 e. The third-order valence-corrected chi connectivity index (χ3v) is 2.83. The van der Waals surface area contributed by atoms with Crippen molar-refractivity contribution in [3.05, 3.63) is 36.2 Å². The maximum absolute atomic E-state index is 5.24. The number of halogens is 1. The third kappa shape index (κ3) is 2.65. The second kappa shape index (κ2) is 5.29. The van der Waals surface area contributed by atoms with Crippen LogP contribution in [0.3, 0.4) is 0 Å². The molecular formula is C12H14ClN3O. The van der Waals surface area contributed by atoms with Crippen LogP contribution in [0.4, 0.5) is 0 Å². The molecule has 1 aliphatic heterocycles. The van der Waals surface area contributed by atoms with Gasteiger partial charge in [-0.1, -0.05) is 35.5 Å². The normalized spacial score (nSPS) is 15.1. The SMILES string of the molecule is Cl.c1ccc(-c2noc(CC3CNC3)n2)cc1. The van der Waals surface area contributed by atoms with Crippen LogP contribution < -0.4 is 5.32 Å². The first-order valence-corrected chi connectivity index (χ1v) is 5.50. The number of benzene rings is 1. The molecule has 3 rings (SSSR count). The van der Waals surface area contributed by atoms with Crippen LogP contribution in [0, 0.1) is 5.92 Å². The predicted octanol–water partition coefficient (Wildman–Crippen LogP) is 1.92. The van der Waals surface area contributed by atoms with Gasteiger partial charge in [0.1, 0.15) is 0 Å². The highest BCUT2D eigenvalue weighted by molar-refractivity contribution is 5.85. The lowest BCUT2D eigenvalue weighted by molar-refractivity contribution is 0.296. The summed E-state index contributed by atoms with van der Waals surface area (Å²) in [6, 6.07) is 9.89. The highest BCUT2D eigenvalue weighted by Crippen LogP contribution is 2.17. The molecule has 0 radical (unpaired) electrons. The Labute approximate surface area is 106 Å². The van der Waals surface area contributed by atoms with E-state index < -0.39 is 0 Å². The van der Waals surface area contributed by atoms with Gasteiger partial charge in [-0.05, 0) is 19.0 Å². The van der Waals surface area contributed by atoms with Gasteiger partial charge in [-0.3, -0.25) is 0 Å². The van der Waals surface area contributed by atoms with Gasteiger partial charge in [0, 0.05) is 12.0 Å². The molecule has 2 aromatic rings. The second-order valence-corrected chi connectivity index (χ2v) is 4.11. The minimum absolute atomic E-state index is 0. The van der Waals surface area contributed by atoms with E-state index in [2.05, 4.69) is 15.5 Å². The lowest BCUT2D eigenvalue weighted by atomic mass is 10.00. The van der Waals surface area contributed by atoms with Crippen molar-refractivity contribution >= 4 is 12.4 Å². The first-order chi connectivity index (χ1) is 7.92. The quantitative estimate of drug-likeness (QED) is 0.906. The fourth-order valence-electron chi connectivity index (χ4n) is 1.78. The summed E-state index contributed by atoms with van der Waals surface area (Å²) in [6.45, 7) is 2.12. The van der Waals surface area contributed by atoms with Gasteiger partial charge in [-0.25, -0.2) is 0 Å². The molecule has 0 amide bonds. The molecule has 0 spiro atoms. The molecule has 4 nitrogen and oxygen atoms in total. The molecule has 1 aliphatic rings. The van der Waals surface area contributed by atoms with Crippen LogP contribution in [0.2, 0.25) is 0 Å². The van der Waals surface area contributed by atoms with Crippen molar-refractivity contribution in [3.63, 3.8) is 0 Å². The monoisotopic (exact) mass is 251 g/mol. The van der Waals surface area contributed by atoms with Crippen molar-refractivity contribution in [1.29, 1.82) is 0 Å². The van der Waals surface area contributed by atoms with E-state index in [1.54, 1.807) is 0 Å². The van der Waals surface area contributed by atoms with E-state index >= 15 is 0 Å². The average molecular weight is 252 g/mol. The molecule has 0 unspecified atom stereocenters. The van der Waals surface area contributed by atoms with E-state index in [1.165, 1.54) is 0 Å². The summed E-state index contributed by atoms with van der Waals surface area (Å²) in [7, 11) is 0. The van der Waals surface area contributed by atoms with Crippen LogP contribution in [0.15, 0.2) is 34.9 Å². The molecular weight excluding hydrogens is 238 g/mol. The Balaban J connectivity index is 0.00000108. The molecule has 90 valence electrons. The third-order valence-electron chi connectivity index (χ3n) is 2.83. The van der Waals surface area contributed by atoms with Gasteiger partial charge >= 0.3 is 0 Å². The summed E-state index contributed by atoms with van der Waals surface area (Å²) in [5.41, 5.74) is 1.00. The van der Waals surface area contributed by atoms with Gasteiger partial charge in [0.2, 0.25) is 11.7 Å². The zero-order valence-corrected chi connectivity index (χ0v) is 10.1. The summed E-state index contributed by atoms with van der Waals surface area (Å²) < 4.78 is 5.24. The van der Waals surface area contributed by atoms with Crippen molar-refractivity contribution < 1.29 is 4.52 Å². The van der Waals surface area contributed by atoms with E-state index in [0.717, 1.165) is 31.0 Å². The lowest BCUT2D eigenvalue weighted by Crippen LogP contribution is -2.43. The topological polar surface area (TPSA) is 51.0 Å². The van der Waals surface area contributed by atoms with E-state index in [-0.39, 0.29) is 12.4 Å². The Morgan fingerprint density at radius 2 is 2.00 bits per heavy atom. The van der Waals surface area contributed by atoms with Gasteiger partial charge in [0.25, 0.3) is 0 Å². The van der Waals surface area contributed by atoms with Crippen LogP contribution in [-0.2, 0) is 6.42 Å². The lowest BCUT2D eigenvalue weighted by Gasteiger charge is -2.25. The Morgan fingerprint density at radius 1 is 1.24 bits per heavy atom. The molecule has 1 N–H and O–H groups in total. The summed E-state index contributed by atoms with van der Waals surface area (Å²) in [6.07, 6.45) is 0.882. The first kappa shape index (κ1) is 12.1. The molecule has 1 saturated heterocycles. The van der Waals surface area contributed by atoms with Gasteiger partial charge in [0.05, 0.1) is 0 Å².